The van der Waals surface area contributed by atoms with Crippen LogP contribution in [-0.4, -0.2) is 26.8 Å². The minimum atomic E-state index is -3.50. The molecule has 0 amide bonds. The molecule has 4 nitrogen and oxygen atoms in total. The molecule has 0 radical (unpaired) electrons. The van der Waals surface area contributed by atoms with Crippen LogP contribution in [0.3, 0.4) is 0 Å². The van der Waals surface area contributed by atoms with Gasteiger partial charge in [-0.25, -0.2) is 0 Å². The first-order valence-corrected chi connectivity index (χ1v) is 9.08. The number of thiophene rings is 1. The highest BCUT2D eigenvalue weighted by Crippen LogP contribution is 2.27. The van der Waals surface area contributed by atoms with Crippen molar-refractivity contribution in [2.24, 2.45) is 0 Å². The second-order valence-electron chi connectivity index (χ2n) is 4.95. The Kier molecular flexibility index (Phi) is 5.16. The Morgan fingerprint density at radius 1 is 1.19 bits per heavy atom. The molecule has 21 heavy (non-hydrogen) atoms. The number of hydrogen-bond donors (Lipinski definition) is 1. The summed E-state index contributed by atoms with van der Waals surface area (Å²) in [6.07, 6.45) is 0.966. The second kappa shape index (κ2) is 6.70. The third-order valence-corrected chi connectivity index (χ3v) is 5.73. The number of aryl methyl sites for hydroxylation is 1. The minimum Gasteiger partial charge on any atom is -0.195 e. The van der Waals surface area contributed by atoms with Crippen molar-refractivity contribution in [1.82, 2.24) is 9.03 Å². The zero-order chi connectivity index (χ0) is 15.5. The van der Waals surface area contributed by atoms with E-state index in [4.69, 9.17) is 0 Å². The van der Waals surface area contributed by atoms with E-state index < -0.39 is 10.2 Å². The van der Waals surface area contributed by atoms with Crippen molar-refractivity contribution in [3.05, 3.63) is 57.8 Å². The average Bonchev–Trinajstić information content (AvgIpc) is 2.99. The fourth-order valence-electron chi connectivity index (χ4n) is 1.95. The Labute approximate surface area is 130 Å². The summed E-state index contributed by atoms with van der Waals surface area (Å²) >= 11 is 1.54. The highest BCUT2D eigenvalue weighted by atomic mass is 32.2. The van der Waals surface area contributed by atoms with Crippen LogP contribution in [0.4, 0.5) is 0 Å². The van der Waals surface area contributed by atoms with Gasteiger partial charge in [0.1, 0.15) is 0 Å². The molecule has 0 unspecified atom stereocenters. The lowest BCUT2D eigenvalue weighted by molar-refractivity contribution is 0.499. The van der Waals surface area contributed by atoms with Crippen LogP contribution >= 0.6 is 11.3 Å². The molecule has 1 aromatic carbocycles. The number of nitrogens with one attached hydrogen (secondary N) is 1. The molecule has 0 saturated carbocycles. The van der Waals surface area contributed by atoms with Crippen molar-refractivity contribution >= 4 is 21.5 Å². The Bertz CT molecular complexity index is 662. The third kappa shape index (κ3) is 3.91. The van der Waals surface area contributed by atoms with Crippen molar-refractivity contribution in [3.63, 3.8) is 0 Å². The topological polar surface area (TPSA) is 49.4 Å². The van der Waals surface area contributed by atoms with Crippen molar-refractivity contribution in [2.75, 3.05) is 14.1 Å². The van der Waals surface area contributed by atoms with Gasteiger partial charge in [0.25, 0.3) is 10.2 Å². The molecule has 1 N–H and O–H groups in total. The molecule has 1 atom stereocenters. The van der Waals surface area contributed by atoms with Gasteiger partial charge in [-0.3, -0.25) is 0 Å². The van der Waals surface area contributed by atoms with Crippen LogP contribution < -0.4 is 4.72 Å². The molecule has 0 spiro atoms. The molecule has 0 aliphatic rings. The summed E-state index contributed by atoms with van der Waals surface area (Å²) in [5, 5.41) is 1.95. The maximum absolute atomic E-state index is 12.2. The fraction of sp³-hybridized carbons (Fsp3) is 0.333. The van der Waals surface area contributed by atoms with Gasteiger partial charge in [-0.2, -0.15) is 17.4 Å². The zero-order valence-corrected chi connectivity index (χ0v) is 14.0. The number of hydrogen-bond acceptors (Lipinski definition) is 3. The highest BCUT2D eigenvalue weighted by Gasteiger charge is 2.23. The van der Waals surface area contributed by atoms with E-state index in [0.717, 1.165) is 16.9 Å². The summed E-state index contributed by atoms with van der Waals surface area (Å²) in [5.74, 6) is 0. The third-order valence-electron chi connectivity index (χ3n) is 3.30. The fourth-order valence-corrected chi connectivity index (χ4v) is 3.59. The molecule has 0 bridgehead atoms. The van der Waals surface area contributed by atoms with Gasteiger partial charge < -0.3 is 0 Å². The summed E-state index contributed by atoms with van der Waals surface area (Å²) in [7, 11) is -0.454. The predicted octanol–water partition coefficient (Wildman–Crippen LogP) is 2.80. The zero-order valence-electron chi connectivity index (χ0n) is 12.4. The molecule has 1 heterocycles. The van der Waals surface area contributed by atoms with Gasteiger partial charge in [-0.05, 0) is 29.0 Å². The molecule has 0 fully saturated rings. The van der Waals surface area contributed by atoms with Crippen LogP contribution in [0.2, 0.25) is 0 Å². The van der Waals surface area contributed by atoms with E-state index in [-0.39, 0.29) is 6.04 Å². The SMILES string of the molecule is CCc1ccc([C@@H](NS(=O)(=O)N(C)C)c2cccs2)cc1. The molecule has 1 aromatic heterocycles. The van der Waals surface area contributed by atoms with E-state index in [1.807, 2.05) is 41.8 Å². The first kappa shape index (κ1) is 16.2. The normalized spacial score (nSPS) is 13.5. The molecular formula is C15H20N2O2S2. The summed E-state index contributed by atoms with van der Waals surface area (Å²) in [5.41, 5.74) is 2.18. The molecule has 2 rings (SSSR count). The smallest absolute Gasteiger partial charge is 0.195 e. The molecule has 0 aliphatic heterocycles. The van der Waals surface area contributed by atoms with Crippen LogP contribution in [0.1, 0.15) is 29.0 Å². The van der Waals surface area contributed by atoms with E-state index in [1.165, 1.54) is 24.0 Å². The van der Waals surface area contributed by atoms with Gasteiger partial charge in [-0.1, -0.05) is 37.3 Å². The predicted molar refractivity (Wildman–Crippen MR) is 87.7 cm³/mol. The summed E-state index contributed by atoms with van der Waals surface area (Å²) < 4.78 is 28.2. The molecule has 2 aromatic rings. The van der Waals surface area contributed by atoms with Gasteiger partial charge in [0, 0.05) is 19.0 Å². The quantitative estimate of drug-likeness (QED) is 0.888. The maximum Gasteiger partial charge on any atom is 0.279 e. The molecule has 114 valence electrons. The largest absolute Gasteiger partial charge is 0.279 e. The van der Waals surface area contributed by atoms with Gasteiger partial charge in [-0.15, -0.1) is 11.3 Å². The van der Waals surface area contributed by atoms with Crippen LogP contribution in [0.25, 0.3) is 0 Å². The first-order chi connectivity index (χ1) is 9.94. The van der Waals surface area contributed by atoms with Gasteiger partial charge in [0.05, 0.1) is 6.04 Å². The summed E-state index contributed by atoms with van der Waals surface area (Å²) in [6.45, 7) is 2.10. The minimum absolute atomic E-state index is 0.358. The Hall–Kier alpha value is -1.21. The Balaban J connectivity index is 2.37. The van der Waals surface area contributed by atoms with Crippen molar-refractivity contribution in [3.8, 4) is 0 Å². The summed E-state index contributed by atoms with van der Waals surface area (Å²) in [6, 6.07) is 11.6. The number of rotatable bonds is 6. The number of nitrogens with zero attached hydrogens (tertiary/aromatic N) is 1. The Morgan fingerprint density at radius 3 is 2.33 bits per heavy atom. The van der Waals surface area contributed by atoms with Crippen LogP contribution in [-0.2, 0) is 16.6 Å². The lowest BCUT2D eigenvalue weighted by Crippen LogP contribution is -2.38. The second-order valence-corrected chi connectivity index (χ2v) is 7.84. The molecule has 0 saturated heterocycles. The standard InChI is InChI=1S/C15H20N2O2S2/c1-4-12-7-9-13(10-8-12)15(14-6-5-11-20-14)16-21(18,19)17(2)3/h5-11,15-16H,4H2,1-3H3/t15-/m1/s1. The lowest BCUT2D eigenvalue weighted by Gasteiger charge is -2.21. The van der Waals surface area contributed by atoms with E-state index >= 15 is 0 Å². The van der Waals surface area contributed by atoms with E-state index in [9.17, 15) is 8.42 Å². The molecular weight excluding hydrogens is 304 g/mol. The van der Waals surface area contributed by atoms with Crippen molar-refractivity contribution in [1.29, 1.82) is 0 Å². The maximum atomic E-state index is 12.2. The summed E-state index contributed by atoms with van der Waals surface area (Å²) in [4.78, 5) is 0.977. The van der Waals surface area contributed by atoms with E-state index in [0.29, 0.717) is 0 Å². The van der Waals surface area contributed by atoms with Crippen LogP contribution in [0.15, 0.2) is 41.8 Å². The van der Waals surface area contributed by atoms with Crippen molar-refractivity contribution < 1.29 is 8.42 Å². The molecule has 6 heteroatoms. The Morgan fingerprint density at radius 2 is 1.86 bits per heavy atom. The molecule has 0 aliphatic carbocycles. The average molecular weight is 324 g/mol. The number of benzene rings is 1. The van der Waals surface area contributed by atoms with Crippen molar-refractivity contribution in [2.45, 2.75) is 19.4 Å². The van der Waals surface area contributed by atoms with Gasteiger partial charge in [0.2, 0.25) is 0 Å². The van der Waals surface area contributed by atoms with E-state index in [2.05, 4.69) is 11.6 Å². The van der Waals surface area contributed by atoms with Crippen LogP contribution in [0.5, 0.6) is 0 Å². The van der Waals surface area contributed by atoms with E-state index in [1.54, 1.807) is 11.3 Å². The lowest BCUT2D eigenvalue weighted by atomic mass is 10.0. The first-order valence-electron chi connectivity index (χ1n) is 6.76. The van der Waals surface area contributed by atoms with Gasteiger partial charge in [0.15, 0.2) is 0 Å². The van der Waals surface area contributed by atoms with Crippen LogP contribution in [0, 0.1) is 0 Å². The van der Waals surface area contributed by atoms with Gasteiger partial charge >= 0.3 is 0 Å². The monoisotopic (exact) mass is 324 g/mol. The highest BCUT2D eigenvalue weighted by molar-refractivity contribution is 7.87.